The van der Waals surface area contributed by atoms with Gasteiger partial charge in [0.15, 0.2) is 5.78 Å². The monoisotopic (exact) mass is 2130 g/mol. The number of aliphatic hydroxyl groups is 1. The molecule has 17 rings (SSSR count). The Morgan fingerprint density at radius 1 is 0.584 bits per heavy atom. The first-order chi connectivity index (χ1) is 63.1. The lowest BCUT2D eigenvalue weighted by Crippen LogP contribution is -2.51. The molecule has 1 unspecified atom stereocenters. The third kappa shape index (κ3) is 31.0. The number of benzene rings is 1. The largest absolute Gasteiger partial charge is 0.444 e. The summed E-state index contributed by atoms with van der Waals surface area (Å²) in [5, 5.41) is 33.9. The smallest absolute Gasteiger partial charge is 0.410 e. The molecule has 12 N–H and O–H groups in total. The molecule has 5 amide bonds. The van der Waals surface area contributed by atoms with E-state index in [2.05, 4.69) is 57.9 Å². The lowest BCUT2D eigenvalue weighted by Gasteiger charge is -2.34. The molecule has 6 aliphatic heterocycles. The van der Waals surface area contributed by atoms with Gasteiger partial charge in [-0.3, -0.25) is 55.5 Å². The second-order valence-electron chi connectivity index (χ2n) is 37.8. The van der Waals surface area contributed by atoms with E-state index in [1.54, 1.807) is 101 Å². The van der Waals surface area contributed by atoms with Gasteiger partial charge in [-0.15, -0.1) is 12.4 Å². The maximum Gasteiger partial charge on any atom is 0.410 e. The Balaban J connectivity index is 0.000000282. The first-order valence-electron chi connectivity index (χ1n) is 44.8. The Hall–Kier alpha value is -8.49. The minimum Gasteiger partial charge on any atom is -0.444 e. The van der Waals surface area contributed by atoms with Crippen molar-refractivity contribution < 1.29 is 140 Å². The van der Waals surface area contributed by atoms with Crippen LogP contribution in [0.5, 0.6) is 0 Å². The van der Waals surface area contributed by atoms with Gasteiger partial charge in [-0.05, 0) is 189 Å². The molecule has 0 radical (unpaired) electrons. The first kappa shape index (κ1) is 117. The molecule has 774 valence electrons. The number of aromatic nitrogens is 8. The molecule has 31 nitrogen and oxygen atoms in total. The molecule has 1 aromatic carbocycles. The van der Waals surface area contributed by atoms with Crippen LogP contribution in [0.25, 0.3) is 0 Å². The molecule has 12 aliphatic rings. The number of piperidine rings is 2. The molecule has 137 heavy (non-hydrogen) atoms. The lowest BCUT2D eigenvalue weighted by atomic mass is 9.83. The number of aromatic amines is 3. The van der Waals surface area contributed by atoms with Crippen LogP contribution in [0, 0.1) is 22.2 Å². The highest BCUT2D eigenvalue weighted by molar-refractivity contribution is 14.1. The minimum atomic E-state index is -4.65. The SMILES string of the molecule is C1CCOC1.CC(=O)C1(C(F)(F)F)CC1.CC(C)(C)OC(=O)N1CCC(=O)C(C(=O)C2(C(F)(F)F)CC2)C1.CC(C)(C)OC(=O)N1CCC(=O)CC1.CC(C)(C)OC(=O)N1CCc2[nH]nc(C3(C(F)(F)F)CC3)c2C1.CC1(C(=O)n2ccnc2)CC1.CCO.Cl.FC(F)(F)C1(c2n[nH]c3c2CNCC3)CC1.NN.O.O=C(Nc1cccc(Cl)c1)N1CCc2[nH]nc(C3(C(F)(F)F)CC3)c2C1.[2H]CI. The van der Waals surface area contributed by atoms with Gasteiger partial charge >= 0.3 is 55.2 Å². The number of nitrogens with one attached hydrogen (secondary N) is 5. The van der Waals surface area contributed by atoms with Gasteiger partial charge in [0.1, 0.15) is 67.6 Å². The second-order valence-corrected chi connectivity index (χ2v) is 38.2. The third-order valence-corrected chi connectivity index (χ3v) is 24.3. The number of ether oxygens (including phenoxy) is 4. The van der Waals surface area contributed by atoms with Gasteiger partial charge in [-0.25, -0.2) is 24.2 Å². The van der Waals surface area contributed by atoms with E-state index in [4.69, 9.17) is 37.0 Å². The molecule has 0 spiro atoms. The number of rotatable bonds is 8. The summed E-state index contributed by atoms with van der Waals surface area (Å²) >= 11 is 7.86. The predicted octanol–water partition coefficient (Wildman–Crippen LogP) is 17.0. The first-order valence-corrected chi connectivity index (χ1v) is 46.0. The van der Waals surface area contributed by atoms with Crippen molar-refractivity contribution in [2.45, 2.75) is 295 Å². The topological polar surface area (TPSA) is 435 Å². The number of amides is 5. The van der Waals surface area contributed by atoms with Crippen LogP contribution < -0.4 is 22.3 Å². The van der Waals surface area contributed by atoms with Gasteiger partial charge in [0.2, 0.25) is 5.91 Å². The summed E-state index contributed by atoms with van der Waals surface area (Å²) in [6, 6.07) is 6.34. The number of imidazole rings is 1. The van der Waals surface area contributed by atoms with Gasteiger partial charge in [0, 0.05) is 174 Å². The molecule has 3 saturated heterocycles. The Labute approximate surface area is 810 Å². The van der Waals surface area contributed by atoms with E-state index in [1.165, 1.54) is 22.6 Å². The number of carbonyl (C=O) groups is 9. The van der Waals surface area contributed by atoms with Crippen molar-refractivity contribution in [1.82, 2.24) is 65.1 Å². The Morgan fingerprint density at radius 3 is 1.34 bits per heavy atom. The molecule has 1 atom stereocenters. The average Bonchev–Trinajstić information content (AvgIpc) is 1.56. The van der Waals surface area contributed by atoms with Gasteiger partial charge in [-0.2, -0.15) is 81.2 Å². The number of Topliss-reactive ketones (excluding diaryl/α,β-unsaturated/α-hetero) is 4. The zero-order chi connectivity index (χ0) is 102. The van der Waals surface area contributed by atoms with Crippen molar-refractivity contribution in [2.24, 2.45) is 33.8 Å². The molecule has 6 aliphatic carbocycles. The van der Waals surface area contributed by atoms with Crippen LogP contribution in [0.4, 0.5) is 90.7 Å². The van der Waals surface area contributed by atoms with Crippen molar-refractivity contribution in [3.63, 3.8) is 0 Å². The van der Waals surface area contributed by atoms with Crippen LogP contribution in [-0.2, 0) is 93.3 Å². The van der Waals surface area contributed by atoms with Gasteiger partial charge in [-0.1, -0.05) is 47.2 Å². The second kappa shape index (κ2) is 47.9. The van der Waals surface area contributed by atoms with Crippen LogP contribution in [0.2, 0.25) is 5.02 Å². The molecule has 10 heterocycles. The fraction of sp³-hybridized carbons (Fsp3) is 0.693. The van der Waals surface area contributed by atoms with E-state index >= 15 is 0 Å². The number of ketones is 4. The quantitative estimate of drug-likeness (QED) is 0.0136. The number of hydrogen-bond acceptors (Lipinski definition) is 21. The number of alkyl halides is 16. The van der Waals surface area contributed by atoms with E-state index in [-0.39, 0.29) is 168 Å². The minimum absolute atomic E-state index is 0. The normalized spacial score (nSPS) is 19.9. The zero-order valence-corrected chi connectivity index (χ0v) is 82.2. The molecule has 49 heteroatoms. The summed E-state index contributed by atoms with van der Waals surface area (Å²) in [4.78, 5) is 115. The van der Waals surface area contributed by atoms with Crippen LogP contribution >= 0.6 is 46.6 Å². The molecule has 6 saturated carbocycles. The number of nitrogens with zero attached hydrogens (tertiary/aromatic N) is 9. The van der Waals surface area contributed by atoms with Crippen LogP contribution in [0.15, 0.2) is 43.0 Å². The van der Waals surface area contributed by atoms with Crippen molar-refractivity contribution in [3.8, 4) is 0 Å². The number of likely N-dealkylation sites (tertiary alicyclic amines) is 2. The summed E-state index contributed by atoms with van der Waals surface area (Å²) in [5.74, 6) is 4.59. The number of hydrogen-bond donors (Lipinski definition) is 8. The number of H-pyrrole nitrogens is 3. The number of urea groups is 1. The fourth-order valence-corrected chi connectivity index (χ4v) is 15.5. The Morgan fingerprint density at radius 2 is 0.978 bits per heavy atom. The van der Waals surface area contributed by atoms with Gasteiger partial charge in [0.25, 0.3) is 0 Å². The number of halogens is 18. The number of nitrogens with two attached hydrogens (primary N) is 2. The van der Waals surface area contributed by atoms with Gasteiger partial charge < -0.3 is 59.8 Å². The maximum atomic E-state index is 13.5. The van der Waals surface area contributed by atoms with Crippen molar-refractivity contribution in [2.75, 3.05) is 75.9 Å². The Kier molecular flexibility index (Phi) is 40.9. The number of hydrazine groups is 1. The third-order valence-electron chi connectivity index (χ3n) is 24.1. The van der Waals surface area contributed by atoms with Crippen molar-refractivity contribution >= 4 is 106 Å². The maximum absolute atomic E-state index is 13.5. The molecule has 9 fully saturated rings. The highest BCUT2D eigenvalue weighted by atomic mass is 127. The van der Waals surface area contributed by atoms with Crippen molar-refractivity contribution in [3.05, 3.63) is 98.9 Å². The summed E-state index contributed by atoms with van der Waals surface area (Å²) in [5.41, 5.74) is -6.83. The lowest BCUT2D eigenvalue weighted by molar-refractivity contribution is -0.194. The molecule has 4 aromatic heterocycles. The molecule has 0 bridgehead atoms. The standard InChI is InChI=1S/C17H16ClF3N4O.C15H20F3N3O2.C15H20F3NO4.C10H12F3N3.C10H17NO3.C8H10N2O.C6H7F3O.C4H8O.C2H6O.CH3I.ClH.H4N2.H2O/c18-10-2-1-3-11(8-10)22-15(26)25-7-4-13-12(9-25)14(24-23-13)16(5-6-16)17(19,20)21;1-13(2,3)23-12(22)21-7-4-10-9(8-21)11(20-19-10)14(5-6-14)15(16,17)18;1-13(2,3)23-12(22)19-7-4-10(20)9(8-19)11(21)14(5-6-14)15(16,17)18;11-10(12,13)9(2-3-9)8-6-5-14-4-1-7(6)15-16-8;1-10(2,3)14-9(13)11-6-4-8(12)5-7-11;1-8(2-3-8)7(11)10-5-4-9-6-10;1-4(10)5(2-3-5)6(7,8)9;1-2-4-5-3-1;1-2-3;1-2;;1-2;/h1-3,8H,4-7,9H2,(H,22,26)(H,23,24);4-8H2,1-3H3,(H,19,20);9H,4-8H2,1-3H3;14H,1-5H2,(H,15,16);4-7H2,1-3H3;4-6H,2-3H2,1H3;2-3H2,1H3;1-4H2;3H,2H2,1H3;1H3;1H;1-2H2;1H2/i;;;;;;;;;1D;;;. The number of aliphatic hydroxyl groups excluding tert-OH is 1. The van der Waals surface area contributed by atoms with Crippen LogP contribution in [0.1, 0.15) is 249 Å². The molecule has 5 aromatic rings. The molecular weight excluding hydrogens is 2000 g/mol. The summed E-state index contributed by atoms with van der Waals surface area (Å²) in [7, 11) is 0. The number of fused-ring (bicyclic) bond motifs is 3. The van der Waals surface area contributed by atoms with Crippen LogP contribution in [-0.4, -0.2) is 242 Å². The summed E-state index contributed by atoms with van der Waals surface area (Å²) in [6.07, 6.45) is -11.5. The van der Waals surface area contributed by atoms with E-state index in [0.29, 0.717) is 96.5 Å². The van der Waals surface area contributed by atoms with E-state index < -0.39 is 110 Å². The van der Waals surface area contributed by atoms with Gasteiger partial charge in [0.05, 0.1) is 36.1 Å². The number of carbonyl (C=O) groups excluding carboxylic acids is 9. The number of anilines is 1. The summed E-state index contributed by atoms with van der Waals surface area (Å²) < 4.78 is 223. The average molecular weight is 2130 g/mol. The highest BCUT2D eigenvalue weighted by Crippen LogP contribution is 2.64. The van der Waals surface area contributed by atoms with Crippen LogP contribution in [0.3, 0.4) is 0 Å². The highest BCUT2D eigenvalue weighted by Gasteiger charge is 2.72. The molecular formula is C88H126Cl2F15IN16O15. The fourth-order valence-electron chi connectivity index (χ4n) is 15.3. The van der Waals surface area contributed by atoms with E-state index in [9.17, 15) is 109 Å². The predicted molar refractivity (Wildman–Crippen MR) is 483 cm³/mol. The zero-order valence-electron chi connectivity index (χ0n) is 79.4. The van der Waals surface area contributed by atoms with E-state index in [0.717, 1.165) is 62.1 Å². The Bertz CT molecular complexity index is 4850. The van der Waals surface area contributed by atoms with Crippen molar-refractivity contribution in [1.29, 1.82) is 0 Å². The summed E-state index contributed by atoms with van der Waals surface area (Å²) in [6.45, 7) is 25.7. The van der Waals surface area contributed by atoms with E-state index in [1.807, 2.05) is 50.3 Å².